The zero-order chi connectivity index (χ0) is 26.3. The maximum Gasteiger partial charge on any atom is 0.273 e. The Bertz CT molecular complexity index is 1210. The first-order valence-electron chi connectivity index (χ1n) is 11.4. The highest BCUT2D eigenvalue weighted by atomic mass is 79.9. The van der Waals surface area contributed by atoms with Gasteiger partial charge in [0.25, 0.3) is 23.4 Å². The number of rotatable bonds is 6. The van der Waals surface area contributed by atoms with Gasteiger partial charge in [-0.25, -0.2) is 5.01 Å². The first-order valence-corrected chi connectivity index (χ1v) is 13.2. The van der Waals surface area contributed by atoms with Crippen molar-refractivity contribution in [1.29, 1.82) is 0 Å². The lowest BCUT2D eigenvalue weighted by molar-refractivity contribution is -0.384. The summed E-state index contributed by atoms with van der Waals surface area (Å²) in [6.45, 7) is 3.34. The number of hydrazine groups is 1. The quantitative estimate of drug-likeness (QED) is 0.155. The third-order valence-corrected chi connectivity index (χ3v) is 9.45. The SMILES string of the molecule is Cc1ccc(C(=O)[C@H](C)N(C(=O)c2ccc([N+](=O)[O-])cc2)N2C(=O)[C@H]3C[C@H](Br)[C@@H](Br)C[C@H]3C2=O)cc1. The first kappa shape index (κ1) is 26.2. The molecule has 4 rings (SSSR count). The number of nitrogens with zero attached hydrogens (tertiary/aromatic N) is 3. The number of alkyl halides is 2. The molecule has 188 valence electrons. The summed E-state index contributed by atoms with van der Waals surface area (Å²) in [7, 11) is 0. The molecule has 1 aliphatic carbocycles. The van der Waals surface area contributed by atoms with E-state index in [0.717, 1.165) is 27.7 Å². The molecule has 0 N–H and O–H groups in total. The van der Waals surface area contributed by atoms with Crippen molar-refractivity contribution < 1.29 is 24.1 Å². The van der Waals surface area contributed by atoms with Crippen molar-refractivity contribution in [2.24, 2.45) is 11.8 Å². The molecular weight excluding hydrogens is 598 g/mol. The molecule has 0 bridgehead atoms. The minimum atomic E-state index is -1.19. The van der Waals surface area contributed by atoms with Gasteiger partial charge in [-0.3, -0.25) is 29.3 Å². The van der Waals surface area contributed by atoms with Crippen LogP contribution in [0.1, 0.15) is 46.0 Å². The number of non-ortho nitro benzene ring substituents is 1. The smallest absolute Gasteiger partial charge is 0.273 e. The second kappa shape index (κ2) is 10.2. The number of nitro groups is 1. The van der Waals surface area contributed by atoms with Crippen LogP contribution in [-0.4, -0.2) is 54.1 Å². The van der Waals surface area contributed by atoms with Crippen LogP contribution in [0.15, 0.2) is 48.5 Å². The van der Waals surface area contributed by atoms with E-state index in [4.69, 9.17) is 0 Å². The predicted molar refractivity (Wildman–Crippen MR) is 138 cm³/mol. The number of halogens is 2. The first-order chi connectivity index (χ1) is 17.0. The topological polar surface area (TPSA) is 118 Å². The van der Waals surface area contributed by atoms with E-state index in [-0.39, 0.29) is 20.9 Å². The van der Waals surface area contributed by atoms with E-state index in [9.17, 15) is 29.3 Å². The molecule has 11 heteroatoms. The van der Waals surface area contributed by atoms with Gasteiger partial charge in [-0.15, -0.1) is 0 Å². The standard InChI is InChI=1S/C25H23Br2N3O6/c1-13-3-5-15(6-4-13)22(31)14(2)28(23(32)16-7-9-17(10-8-16)30(35)36)29-24(33)18-11-20(26)21(27)12-19(18)25(29)34/h3-10,14,18-21H,11-12H2,1-2H3/t14-,18-,19+,20-,21-/m0/s1. The Balaban J connectivity index is 1.74. The Labute approximate surface area is 224 Å². The monoisotopic (exact) mass is 619 g/mol. The van der Waals surface area contributed by atoms with Crippen molar-refractivity contribution in [2.75, 3.05) is 0 Å². The second-order valence-corrected chi connectivity index (χ2v) is 11.4. The Kier molecular flexibility index (Phi) is 7.42. The predicted octanol–water partition coefficient (Wildman–Crippen LogP) is 4.45. The van der Waals surface area contributed by atoms with E-state index < -0.39 is 46.3 Å². The van der Waals surface area contributed by atoms with E-state index in [1.54, 1.807) is 24.3 Å². The highest BCUT2D eigenvalue weighted by Crippen LogP contribution is 2.44. The van der Waals surface area contributed by atoms with Gasteiger partial charge in [0.2, 0.25) is 0 Å². The van der Waals surface area contributed by atoms with Gasteiger partial charge in [0.1, 0.15) is 6.04 Å². The zero-order valence-electron chi connectivity index (χ0n) is 19.5. The number of carbonyl (C=O) groups is 4. The number of aryl methyl sites for hydroxylation is 1. The number of benzene rings is 2. The second-order valence-electron chi connectivity index (χ2n) is 9.06. The van der Waals surface area contributed by atoms with Crippen LogP contribution >= 0.6 is 31.9 Å². The summed E-state index contributed by atoms with van der Waals surface area (Å²) >= 11 is 7.10. The summed E-state index contributed by atoms with van der Waals surface area (Å²) in [5.74, 6) is -3.53. The number of fused-ring (bicyclic) bond motifs is 1. The Morgan fingerprint density at radius 2 is 1.42 bits per heavy atom. The summed E-state index contributed by atoms with van der Waals surface area (Å²) in [6, 6.07) is 10.4. The van der Waals surface area contributed by atoms with Gasteiger partial charge in [0, 0.05) is 32.9 Å². The highest BCUT2D eigenvalue weighted by Gasteiger charge is 2.55. The van der Waals surface area contributed by atoms with Crippen LogP contribution in [0.25, 0.3) is 0 Å². The lowest BCUT2D eigenvalue weighted by atomic mass is 9.81. The molecule has 2 aromatic carbocycles. The zero-order valence-corrected chi connectivity index (χ0v) is 22.6. The Morgan fingerprint density at radius 1 is 0.944 bits per heavy atom. The van der Waals surface area contributed by atoms with Crippen molar-refractivity contribution in [3.63, 3.8) is 0 Å². The van der Waals surface area contributed by atoms with Crippen molar-refractivity contribution in [1.82, 2.24) is 10.0 Å². The fourth-order valence-electron chi connectivity index (χ4n) is 4.66. The molecule has 2 fully saturated rings. The van der Waals surface area contributed by atoms with Crippen LogP contribution in [0.5, 0.6) is 0 Å². The fraction of sp³-hybridized carbons (Fsp3) is 0.360. The fourth-order valence-corrected chi connectivity index (χ4v) is 5.90. The third kappa shape index (κ3) is 4.73. The molecule has 0 unspecified atom stereocenters. The number of amides is 3. The molecule has 0 aromatic heterocycles. The summed E-state index contributed by atoms with van der Waals surface area (Å²) in [5, 5.41) is 12.8. The molecule has 3 amide bonds. The van der Waals surface area contributed by atoms with Crippen LogP contribution in [-0.2, 0) is 9.59 Å². The van der Waals surface area contributed by atoms with Gasteiger partial charge < -0.3 is 0 Å². The normalized spacial score (nSPS) is 24.3. The minimum absolute atomic E-state index is 0.0105. The molecule has 5 atom stereocenters. The number of imide groups is 1. The summed E-state index contributed by atoms with van der Waals surface area (Å²) in [4.78, 5) is 64.5. The summed E-state index contributed by atoms with van der Waals surface area (Å²) < 4.78 is 0. The van der Waals surface area contributed by atoms with Gasteiger partial charge in [-0.05, 0) is 38.8 Å². The number of Topliss-reactive ketones (excluding diaryl/α,β-unsaturated/α-hetero) is 1. The number of ketones is 1. The summed E-state index contributed by atoms with van der Waals surface area (Å²) in [6.07, 6.45) is 0.809. The number of nitro benzene ring substituents is 1. The summed E-state index contributed by atoms with van der Waals surface area (Å²) in [5.41, 5.74) is 1.07. The third-order valence-electron chi connectivity index (χ3n) is 6.72. The molecule has 2 aliphatic rings. The average molecular weight is 621 g/mol. The molecule has 0 spiro atoms. The molecule has 1 saturated carbocycles. The van der Waals surface area contributed by atoms with E-state index in [1.807, 2.05) is 6.92 Å². The average Bonchev–Trinajstić information content (AvgIpc) is 3.08. The Hall–Kier alpha value is -2.92. The van der Waals surface area contributed by atoms with Crippen LogP contribution in [0.2, 0.25) is 0 Å². The van der Waals surface area contributed by atoms with E-state index in [1.165, 1.54) is 19.1 Å². The molecule has 36 heavy (non-hydrogen) atoms. The lowest BCUT2D eigenvalue weighted by Crippen LogP contribution is -2.56. The van der Waals surface area contributed by atoms with Crippen LogP contribution in [0.3, 0.4) is 0 Å². The number of carbonyl (C=O) groups excluding carboxylic acids is 4. The largest absolute Gasteiger partial charge is 0.292 e. The Morgan fingerprint density at radius 3 is 1.89 bits per heavy atom. The van der Waals surface area contributed by atoms with Crippen molar-refractivity contribution >= 4 is 61.1 Å². The van der Waals surface area contributed by atoms with Crippen molar-refractivity contribution in [3.05, 3.63) is 75.3 Å². The number of hydrogen-bond acceptors (Lipinski definition) is 6. The molecule has 1 aliphatic heterocycles. The molecule has 0 radical (unpaired) electrons. The van der Waals surface area contributed by atoms with Gasteiger partial charge in [-0.1, -0.05) is 61.7 Å². The van der Waals surface area contributed by atoms with Crippen LogP contribution < -0.4 is 0 Å². The minimum Gasteiger partial charge on any atom is -0.292 e. The van der Waals surface area contributed by atoms with Gasteiger partial charge >= 0.3 is 0 Å². The lowest BCUT2D eigenvalue weighted by Gasteiger charge is -2.34. The molecule has 2 aromatic rings. The van der Waals surface area contributed by atoms with E-state index in [0.29, 0.717) is 18.4 Å². The van der Waals surface area contributed by atoms with Crippen molar-refractivity contribution in [3.8, 4) is 0 Å². The molecule has 1 saturated heterocycles. The number of hydrogen-bond donors (Lipinski definition) is 0. The van der Waals surface area contributed by atoms with Crippen LogP contribution in [0.4, 0.5) is 5.69 Å². The highest BCUT2D eigenvalue weighted by molar-refractivity contribution is 9.12. The van der Waals surface area contributed by atoms with Crippen molar-refractivity contribution in [2.45, 2.75) is 42.4 Å². The molecule has 9 nitrogen and oxygen atoms in total. The van der Waals surface area contributed by atoms with Gasteiger partial charge in [0.15, 0.2) is 5.78 Å². The van der Waals surface area contributed by atoms with Gasteiger partial charge in [-0.2, -0.15) is 5.01 Å². The maximum absolute atomic E-state index is 13.7. The molecular formula is C25H23Br2N3O6. The van der Waals surface area contributed by atoms with Crippen LogP contribution in [0, 0.1) is 28.9 Å². The molecule has 1 heterocycles. The maximum atomic E-state index is 13.7. The van der Waals surface area contributed by atoms with E-state index >= 15 is 0 Å². The van der Waals surface area contributed by atoms with E-state index in [2.05, 4.69) is 31.9 Å². The van der Waals surface area contributed by atoms with Gasteiger partial charge in [0.05, 0.1) is 16.8 Å².